The summed E-state index contributed by atoms with van der Waals surface area (Å²) in [7, 11) is 0. The van der Waals surface area contributed by atoms with E-state index in [-0.39, 0.29) is 39.6 Å². The van der Waals surface area contributed by atoms with Gasteiger partial charge in [-0.25, -0.2) is 4.98 Å². The summed E-state index contributed by atoms with van der Waals surface area (Å²) in [6.45, 7) is 12.4. The van der Waals surface area contributed by atoms with Crippen LogP contribution in [0.3, 0.4) is 0 Å². The van der Waals surface area contributed by atoms with Gasteiger partial charge in [0.15, 0.2) is 0 Å². The number of hydrogen-bond acceptors (Lipinski definition) is 9. The van der Waals surface area contributed by atoms with Crippen molar-refractivity contribution in [2.24, 2.45) is 0 Å². The molecule has 1 atom stereocenters. The monoisotopic (exact) mass is 595 g/mol. The van der Waals surface area contributed by atoms with Gasteiger partial charge in [-0.2, -0.15) is 20.0 Å². The summed E-state index contributed by atoms with van der Waals surface area (Å²) in [6, 6.07) is 7.18. The number of nitriles is 1. The standard InChI is InChI=1S/C28H31Cl2N9O2/c1-4-23(40)38-13-12-36(15-18(38)10-11-31)26-20-14-32-39(25-21(29)8-7-9-22(25)30)27(41)24(20)33-28(34-26)37-16-19(17-37)35(5-2)6-3/h4,7-9,14,18-19H,1,5-6,10,12-13,15-17H2,2-3H3. The number of rotatable bonds is 8. The van der Waals surface area contributed by atoms with E-state index in [1.165, 1.54) is 10.8 Å². The fourth-order valence-corrected chi connectivity index (χ4v) is 6.11. The Bertz CT molecular complexity index is 1560. The third-order valence-electron chi connectivity index (χ3n) is 7.80. The van der Waals surface area contributed by atoms with Crippen LogP contribution in [-0.2, 0) is 4.79 Å². The lowest BCUT2D eigenvalue weighted by Crippen LogP contribution is -2.60. The molecule has 4 heterocycles. The number of nitrogens with zero attached hydrogens (tertiary/aromatic N) is 9. The highest BCUT2D eigenvalue weighted by Crippen LogP contribution is 2.31. The van der Waals surface area contributed by atoms with E-state index in [4.69, 9.17) is 33.2 Å². The van der Waals surface area contributed by atoms with Crippen LogP contribution in [0.1, 0.15) is 20.3 Å². The van der Waals surface area contributed by atoms with Crippen molar-refractivity contribution in [3.63, 3.8) is 0 Å². The van der Waals surface area contributed by atoms with Gasteiger partial charge in [0.1, 0.15) is 17.0 Å². The lowest BCUT2D eigenvalue weighted by atomic mass is 10.1. The molecule has 1 unspecified atom stereocenters. The maximum Gasteiger partial charge on any atom is 0.298 e. The lowest BCUT2D eigenvalue weighted by Gasteiger charge is -2.45. The fourth-order valence-electron chi connectivity index (χ4n) is 5.55. The number of benzene rings is 1. The van der Waals surface area contributed by atoms with Gasteiger partial charge in [0, 0.05) is 38.8 Å². The van der Waals surface area contributed by atoms with Crippen molar-refractivity contribution in [1.82, 2.24) is 29.5 Å². The first kappa shape index (κ1) is 28.8. The van der Waals surface area contributed by atoms with E-state index in [2.05, 4.69) is 41.4 Å². The number of carbonyl (C=O) groups is 1. The minimum Gasteiger partial charge on any atom is -0.352 e. The minimum atomic E-state index is -0.475. The second-order valence-electron chi connectivity index (χ2n) is 10.0. The number of halogens is 2. The van der Waals surface area contributed by atoms with Crippen molar-refractivity contribution in [1.29, 1.82) is 5.26 Å². The molecule has 2 aromatic heterocycles. The molecule has 2 aliphatic heterocycles. The smallest absolute Gasteiger partial charge is 0.298 e. The zero-order chi connectivity index (χ0) is 29.3. The Morgan fingerprint density at radius 1 is 1.15 bits per heavy atom. The Labute approximate surface area is 248 Å². The molecule has 5 rings (SSSR count). The molecule has 214 valence electrons. The number of amides is 1. The van der Waals surface area contributed by atoms with E-state index in [0.717, 1.165) is 26.2 Å². The minimum absolute atomic E-state index is 0.152. The molecule has 0 N–H and O–H groups in total. The van der Waals surface area contributed by atoms with Crippen molar-refractivity contribution < 1.29 is 4.79 Å². The van der Waals surface area contributed by atoms with E-state index in [1.54, 1.807) is 29.3 Å². The zero-order valence-electron chi connectivity index (χ0n) is 23.0. The van der Waals surface area contributed by atoms with Crippen LogP contribution in [0, 0.1) is 11.3 Å². The van der Waals surface area contributed by atoms with E-state index < -0.39 is 5.56 Å². The van der Waals surface area contributed by atoms with Gasteiger partial charge in [0.05, 0.1) is 40.2 Å². The molecule has 2 aliphatic rings. The molecule has 3 aromatic rings. The zero-order valence-corrected chi connectivity index (χ0v) is 24.5. The maximum absolute atomic E-state index is 13.9. The van der Waals surface area contributed by atoms with E-state index in [1.807, 2.05) is 4.90 Å². The van der Waals surface area contributed by atoms with Gasteiger partial charge >= 0.3 is 0 Å². The SMILES string of the molecule is C=CC(=O)N1CCN(c2nc(N3CC(N(CC)CC)C3)nc3c(=O)n(-c4c(Cl)cccc4Cl)ncc23)CC1CC#N. The van der Waals surface area contributed by atoms with Crippen LogP contribution in [-0.4, -0.2) is 93.4 Å². The van der Waals surface area contributed by atoms with Gasteiger partial charge in [-0.1, -0.05) is 49.7 Å². The molecule has 2 fully saturated rings. The van der Waals surface area contributed by atoms with Gasteiger partial charge in [0.25, 0.3) is 5.56 Å². The van der Waals surface area contributed by atoms with Crippen LogP contribution in [0.5, 0.6) is 0 Å². The summed E-state index contributed by atoms with van der Waals surface area (Å²) in [5, 5.41) is 14.9. The first-order valence-electron chi connectivity index (χ1n) is 13.6. The number of para-hydroxylation sites is 1. The van der Waals surface area contributed by atoms with Crippen molar-refractivity contribution in [2.75, 3.05) is 55.6 Å². The van der Waals surface area contributed by atoms with E-state index in [0.29, 0.717) is 42.8 Å². The molecule has 1 amide bonds. The summed E-state index contributed by atoms with van der Waals surface area (Å²) < 4.78 is 1.17. The predicted octanol–water partition coefficient (Wildman–Crippen LogP) is 3.13. The van der Waals surface area contributed by atoms with Gasteiger partial charge in [0.2, 0.25) is 11.9 Å². The number of piperazine rings is 1. The Morgan fingerprint density at radius 3 is 2.49 bits per heavy atom. The molecule has 2 saturated heterocycles. The van der Waals surface area contributed by atoms with Crippen molar-refractivity contribution in [3.8, 4) is 11.8 Å². The molecule has 0 spiro atoms. The maximum atomic E-state index is 13.9. The van der Waals surface area contributed by atoms with Crippen LogP contribution < -0.4 is 15.4 Å². The van der Waals surface area contributed by atoms with Gasteiger partial charge in [-0.15, -0.1) is 0 Å². The molecule has 13 heteroatoms. The Kier molecular flexibility index (Phi) is 8.45. The van der Waals surface area contributed by atoms with Crippen molar-refractivity contribution in [2.45, 2.75) is 32.4 Å². The lowest BCUT2D eigenvalue weighted by molar-refractivity contribution is -0.128. The van der Waals surface area contributed by atoms with Crippen LogP contribution >= 0.6 is 23.2 Å². The Hall–Kier alpha value is -3.72. The van der Waals surface area contributed by atoms with Crippen LogP contribution in [0.4, 0.5) is 11.8 Å². The molecular formula is C28H31Cl2N9O2. The number of likely N-dealkylation sites (N-methyl/N-ethyl adjacent to an activating group) is 1. The van der Waals surface area contributed by atoms with Gasteiger partial charge < -0.3 is 14.7 Å². The van der Waals surface area contributed by atoms with E-state index >= 15 is 0 Å². The molecule has 41 heavy (non-hydrogen) atoms. The van der Waals surface area contributed by atoms with Gasteiger partial charge in [-0.05, 0) is 31.3 Å². The number of anilines is 2. The molecule has 1 aromatic carbocycles. The van der Waals surface area contributed by atoms with Crippen LogP contribution in [0.15, 0.2) is 41.8 Å². The van der Waals surface area contributed by atoms with Crippen LogP contribution in [0.2, 0.25) is 10.0 Å². The van der Waals surface area contributed by atoms with Crippen molar-refractivity contribution >= 4 is 51.8 Å². The highest BCUT2D eigenvalue weighted by molar-refractivity contribution is 6.37. The summed E-state index contributed by atoms with van der Waals surface area (Å²) >= 11 is 12.8. The molecule has 0 aliphatic carbocycles. The second-order valence-corrected chi connectivity index (χ2v) is 10.8. The summed E-state index contributed by atoms with van der Waals surface area (Å²) in [4.78, 5) is 44.1. The first-order valence-corrected chi connectivity index (χ1v) is 14.3. The summed E-state index contributed by atoms with van der Waals surface area (Å²) in [5.41, 5.74) is -0.0124. The largest absolute Gasteiger partial charge is 0.352 e. The normalized spacial score (nSPS) is 17.6. The highest BCUT2D eigenvalue weighted by atomic mass is 35.5. The Balaban J connectivity index is 1.61. The van der Waals surface area contributed by atoms with E-state index in [9.17, 15) is 14.9 Å². The Morgan fingerprint density at radius 2 is 1.85 bits per heavy atom. The van der Waals surface area contributed by atoms with Crippen molar-refractivity contribution in [3.05, 3.63) is 57.4 Å². The molecule has 0 saturated carbocycles. The summed E-state index contributed by atoms with van der Waals surface area (Å²) in [5.74, 6) is 0.756. The molecule has 11 nitrogen and oxygen atoms in total. The predicted molar refractivity (Wildman–Crippen MR) is 160 cm³/mol. The topological polar surface area (TPSA) is 114 Å². The molecular weight excluding hydrogens is 565 g/mol. The van der Waals surface area contributed by atoms with Gasteiger partial charge in [-0.3, -0.25) is 14.5 Å². The first-order chi connectivity index (χ1) is 19.8. The molecule has 0 bridgehead atoms. The number of aromatic nitrogens is 4. The molecule has 0 radical (unpaired) electrons. The number of hydrogen-bond donors (Lipinski definition) is 0. The highest BCUT2D eigenvalue weighted by Gasteiger charge is 2.35. The summed E-state index contributed by atoms with van der Waals surface area (Å²) in [6.07, 6.45) is 2.96. The van der Waals surface area contributed by atoms with Crippen LogP contribution in [0.25, 0.3) is 16.6 Å². The quantitative estimate of drug-likeness (QED) is 0.362. The second kappa shape index (κ2) is 12.0. The average Bonchev–Trinajstić information content (AvgIpc) is 2.95. The fraction of sp³-hybridized carbons (Fsp3) is 0.429. The average molecular weight is 597 g/mol. The third kappa shape index (κ3) is 5.35. The number of carbonyl (C=O) groups excluding carboxylic acids is 1. The third-order valence-corrected chi connectivity index (χ3v) is 8.41. The number of fused-ring (bicyclic) bond motifs is 1.